The van der Waals surface area contributed by atoms with E-state index in [9.17, 15) is 13.6 Å². The Balaban J connectivity index is 2.24. The minimum absolute atomic E-state index is 0.0423. The normalized spacial score (nSPS) is 27.6. The van der Waals surface area contributed by atoms with Crippen molar-refractivity contribution in [2.45, 2.75) is 63.8 Å². The van der Waals surface area contributed by atoms with E-state index < -0.39 is 31.0 Å². The zero-order valence-electron chi connectivity index (χ0n) is 17.7. The molecule has 1 aromatic rings. The van der Waals surface area contributed by atoms with E-state index in [-0.39, 0.29) is 17.6 Å². The first-order valence-corrected chi connectivity index (χ1v) is 12.2. The number of benzene rings is 1. The average molecular weight is 399 g/mol. The first-order chi connectivity index (χ1) is 12.1. The summed E-state index contributed by atoms with van der Waals surface area (Å²) in [5.41, 5.74) is -1.32. The highest BCUT2D eigenvalue weighted by atomic mass is 28.4. The summed E-state index contributed by atoms with van der Waals surface area (Å²) in [5.74, 6) is -1.52. The largest absolute Gasteiger partial charge is 0.414 e. The van der Waals surface area contributed by atoms with Crippen molar-refractivity contribution in [1.29, 1.82) is 0 Å². The van der Waals surface area contributed by atoms with E-state index in [4.69, 9.17) is 4.43 Å². The lowest BCUT2D eigenvalue weighted by Crippen LogP contribution is -2.71. The number of carbonyl (C=O) groups is 1. The third-order valence-corrected chi connectivity index (χ3v) is 10.8. The van der Waals surface area contributed by atoms with Gasteiger partial charge in [-0.3, -0.25) is 9.69 Å². The van der Waals surface area contributed by atoms with Crippen LogP contribution >= 0.6 is 0 Å². The van der Waals surface area contributed by atoms with Crippen molar-refractivity contribution in [3.63, 3.8) is 0 Å². The predicted molar refractivity (Wildman–Crippen MR) is 106 cm³/mol. The van der Waals surface area contributed by atoms with Gasteiger partial charge in [0.2, 0.25) is 5.91 Å². The number of hydrogen-bond donors (Lipinski definition) is 1. The third-order valence-electron chi connectivity index (χ3n) is 6.29. The van der Waals surface area contributed by atoms with Crippen LogP contribution in [-0.2, 0) is 14.8 Å². The van der Waals surface area contributed by atoms with Gasteiger partial charge < -0.3 is 9.74 Å². The number of rotatable bonds is 4. The summed E-state index contributed by atoms with van der Waals surface area (Å²) in [6.07, 6.45) is 0. The van der Waals surface area contributed by atoms with Gasteiger partial charge in [-0.25, -0.2) is 8.78 Å². The van der Waals surface area contributed by atoms with E-state index in [1.165, 1.54) is 12.1 Å². The molecular formula is C20H32F2N2O2Si. The molecule has 1 fully saturated rings. The van der Waals surface area contributed by atoms with Crippen LogP contribution in [0.2, 0.25) is 18.1 Å². The number of nitrogens with one attached hydrogen (secondary N) is 1. The van der Waals surface area contributed by atoms with E-state index in [1.807, 2.05) is 18.9 Å². The van der Waals surface area contributed by atoms with Crippen LogP contribution in [0.1, 0.15) is 40.2 Å². The SMILES string of the molecule is CN1C[C@](C)(c2cc(F)cc(F)c2)NC(=O)[C@]1(C)CO[Si](C)(C)C(C)(C)C. The molecule has 1 aliphatic rings. The lowest BCUT2D eigenvalue weighted by molar-refractivity contribution is -0.143. The molecule has 27 heavy (non-hydrogen) atoms. The summed E-state index contributed by atoms with van der Waals surface area (Å²) in [6, 6.07) is 3.37. The maximum Gasteiger partial charge on any atom is 0.243 e. The maximum absolute atomic E-state index is 13.7. The Labute approximate surface area is 162 Å². The molecule has 152 valence electrons. The number of piperazine rings is 1. The van der Waals surface area contributed by atoms with Crippen molar-refractivity contribution >= 4 is 14.2 Å². The predicted octanol–water partition coefficient (Wildman–Crippen LogP) is 4.02. The van der Waals surface area contributed by atoms with Gasteiger partial charge in [0.15, 0.2) is 8.32 Å². The Morgan fingerprint density at radius 2 is 1.70 bits per heavy atom. The Hall–Kier alpha value is -1.31. The highest BCUT2D eigenvalue weighted by Gasteiger charge is 2.50. The highest BCUT2D eigenvalue weighted by Crippen LogP contribution is 2.38. The monoisotopic (exact) mass is 398 g/mol. The van der Waals surface area contributed by atoms with Gasteiger partial charge >= 0.3 is 0 Å². The van der Waals surface area contributed by atoms with Crippen LogP contribution in [0, 0.1) is 11.6 Å². The molecule has 1 aromatic carbocycles. The number of halogens is 2. The molecule has 2 rings (SSSR count). The van der Waals surface area contributed by atoms with Crippen LogP contribution in [0.3, 0.4) is 0 Å². The van der Waals surface area contributed by atoms with E-state index in [1.54, 1.807) is 6.92 Å². The van der Waals surface area contributed by atoms with Gasteiger partial charge in [-0.1, -0.05) is 20.8 Å². The average Bonchev–Trinajstić information content (AvgIpc) is 2.49. The second kappa shape index (κ2) is 6.94. The zero-order chi connectivity index (χ0) is 20.8. The number of likely N-dealkylation sites (N-methyl/N-ethyl adjacent to an activating group) is 1. The van der Waals surface area contributed by atoms with Crippen LogP contribution in [0.5, 0.6) is 0 Å². The van der Waals surface area contributed by atoms with E-state index in [2.05, 4.69) is 39.2 Å². The Morgan fingerprint density at radius 3 is 2.15 bits per heavy atom. The van der Waals surface area contributed by atoms with E-state index in [0.29, 0.717) is 12.1 Å². The fourth-order valence-corrected chi connectivity index (χ4v) is 4.07. The summed E-state index contributed by atoms with van der Waals surface area (Å²) in [5, 5.41) is 3.02. The first kappa shape index (κ1) is 22.0. The molecule has 1 saturated heterocycles. The molecule has 1 N–H and O–H groups in total. The molecule has 1 aliphatic heterocycles. The van der Waals surface area contributed by atoms with Crippen molar-refractivity contribution in [3.05, 3.63) is 35.4 Å². The molecule has 0 bridgehead atoms. The van der Waals surface area contributed by atoms with Gasteiger partial charge in [-0.05, 0) is 56.7 Å². The van der Waals surface area contributed by atoms with Gasteiger partial charge in [0.1, 0.15) is 17.2 Å². The van der Waals surface area contributed by atoms with E-state index >= 15 is 0 Å². The van der Waals surface area contributed by atoms with Gasteiger partial charge in [0.05, 0.1) is 12.1 Å². The molecule has 4 nitrogen and oxygen atoms in total. The zero-order valence-corrected chi connectivity index (χ0v) is 18.7. The van der Waals surface area contributed by atoms with E-state index in [0.717, 1.165) is 6.07 Å². The minimum atomic E-state index is -2.02. The summed E-state index contributed by atoms with van der Waals surface area (Å²) in [7, 11) is -0.167. The second-order valence-corrected chi connectivity index (χ2v) is 14.4. The van der Waals surface area contributed by atoms with Crippen LogP contribution in [0.15, 0.2) is 18.2 Å². The van der Waals surface area contributed by atoms with Gasteiger partial charge in [-0.15, -0.1) is 0 Å². The second-order valence-electron chi connectivity index (χ2n) is 9.62. The minimum Gasteiger partial charge on any atom is -0.414 e. The first-order valence-electron chi connectivity index (χ1n) is 9.25. The fraction of sp³-hybridized carbons (Fsp3) is 0.650. The number of nitrogens with zero attached hydrogens (tertiary/aromatic N) is 1. The number of hydrogen-bond acceptors (Lipinski definition) is 3. The molecule has 1 heterocycles. The molecule has 0 unspecified atom stereocenters. The Kier molecular flexibility index (Phi) is 5.65. The summed E-state index contributed by atoms with van der Waals surface area (Å²) >= 11 is 0. The Morgan fingerprint density at radius 1 is 1.19 bits per heavy atom. The molecule has 0 radical (unpaired) electrons. The Bertz CT molecular complexity index is 715. The van der Waals surface area contributed by atoms with Crippen LogP contribution < -0.4 is 5.32 Å². The topological polar surface area (TPSA) is 41.6 Å². The molecule has 0 aromatic heterocycles. The quantitative estimate of drug-likeness (QED) is 0.779. The summed E-state index contributed by atoms with van der Waals surface area (Å²) in [4.78, 5) is 15.0. The maximum atomic E-state index is 13.7. The van der Waals surface area contributed by atoms with Crippen molar-refractivity contribution in [3.8, 4) is 0 Å². The molecular weight excluding hydrogens is 366 g/mol. The van der Waals surface area contributed by atoms with Crippen LogP contribution in [-0.4, -0.2) is 44.9 Å². The molecule has 2 atom stereocenters. The number of carbonyl (C=O) groups excluding carboxylic acids is 1. The molecule has 1 amide bonds. The van der Waals surface area contributed by atoms with Gasteiger partial charge in [-0.2, -0.15) is 0 Å². The molecule has 0 aliphatic carbocycles. The molecule has 0 saturated carbocycles. The van der Waals surface area contributed by atoms with Gasteiger partial charge in [0.25, 0.3) is 0 Å². The van der Waals surface area contributed by atoms with Crippen molar-refractivity contribution in [2.75, 3.05) is 20.2 Å². The molecule has 7 heteroatoms. The highest BCUT2D eigenvalue weighted by molar-refractivity contribution is 6.74. The van der Waals surface area contributed by atoms with Gasteiger partial charge in [0, 0.05) is 12.6 Å². The third kappa shape index (κ3) is 4.25. The van der Waals surface area contributed by atoms with Crippen molar-refractivity contribution in [2.24, 2.45) is 0 Å². The lowest BCUT2D eigenvalue weighted by atomic mass is 9.84. The molecule has 0 spiro atoms. The van der Waals surface area contributed by atoms with Crippen molar-refractivity contribution in [1.82, 2.24) is 10.2 Å². The summed E-state index contributed by atoms with van der Waals surface area (Å²) in [6.45, 7) is 15.1. The van der Waals surface area contributed by atoms with Crippen LogP contribution in [0.25, 0.3) is 0 Å². The van der Waals surface area contributed by atoms with Crippen molar-refractivity contribution < 1.29 is 18.0 Å². The standard InChI is InChI=1S/C20H32F2N2O2Si/c1-18(2,3)27(7,8)26-13-20(5)17(25)23-19(4,12-24(20)6)14-9-15(21)11-16(22)10-14/h9-11H,12-13H2,1-8H3,(H,23,25)/t19-,20+/m1/s1. The number of amides is 1. The summed E-state index contributed by atoms with van der Waals surface area (Å²) < 4.78 is 33.7. The fourth-order valence-electron chi connectivity index (χ4n) is 3.00. The smallest absolute Gasteiger partial charge is 0.243 e. The van der Waals surface area contributed by atoms with Crippen LogP contribution in [0.4, 0.5) is 8.78 Å². The lowest BCUT2D eigenvalue weighted by Gasteiger charge is -2.50.